The molecule has 7 nitrogen and oxygen atoms in total. The molecule has 3 aromatic rings. The average molecular weight is 433 g/mol. The predicted molar refractivity (Wildman–Crippen MR) is 122 cm³/mol. The first-order valence-corrected chi connectivity index (χ1v) is 11.0. The van der Waals surface area contributed by atoms with Gasteiger partial charge in [0.05, 0.1) is 5.69 Å². The highest BCUT2D eigenvalue weighted by molar-refractivity contribution is 5.94. The summed E-state index contributed by atoms with van der Waals surface area (Å²) in [6.07, 6.45) is 2.33. The zero-order valence-corrected chi connectivity index (χ0v) is 18.4. The van der Waals surface area contributed by atoms with Crippen molar-refractivity contribution in [3.63, 3.8) is 0 Å². The van der Waals surface area contributed by atoms with Gasteiger partial charge in [0.2, 0.25) is 0 Å². The zero-order chi connectivity index (χ0) is 22.1. The molecule has 2 aromatic carbocycles. The second kappa shape index (κ2) is 8.67. The van der Waals surface area contributed by atoms with Gasteiger partial charge in [-0.2, -0.15) is 5.10 Å². The largest absolute Gasteiger partial charge is 0.489 e. The molecule has 0 fully saturated rings. The number of carbonyl (C=O) groups is 1. The van der Waals surface area contributed by atoms with Crippen molar-refractivity contribution in [2.75, 3.05) is 25.7 Å². The van der Waals surface area contributed by atoms with Crippen molar-refractivity contribution in [3.05, 3.63) is 77.1 Å². The molecule has 2 N–H and O–H groups in total. The lowest BCUT2D eigenvalue weighted by molar-refractivity contribution is 0.0515. The van der Waals surface area contributed by atoms with Crippen molar-refractivity contribution < 1.29 is 14.3 Å². The SMILES string of the molecule is COC1C(NC(=O)c2n[nH]c3c2CCC(c2ccccc2)C3)COc2ccccc2N1C. The van der Waals surface area contributed by atoms with Crippen LogP contribution in [0, 0.1) is 0 Å². The smallest absolute Gasteiger partial charge is 0.272 e. The van der Waals surface area contributed by atoms with Crippen molar-refractivity contribution >= 4 is 11.6 Å². The summed E-state index contributed by atoms with van der Waals surface area (Å²) in [5.41, 5.74) is 4.82. The van der Waals surface area contributed by atoms with Gasteiger partial charge in [-0.05, 0) is 42.9 Å². The van der Waals surface area contributed by atoms with Gasteiger partial charge in [-0.1, -0.05) is 42.5 Å². The van der Waals surface area contributed by atoms with Gasteiger partial charge in [0, 0.05) is 25.4 Å². The molecule has 1 aliphatic heterocycles. The van der Waals surface area contributed by atoms with Crippen molar-refractivity contribution in [1.82, 2.24) is 15.5 Å². The molecule has 5 rings (SSSR count). The van der Waals surface area contributed by atoms with Crippen molar-refractivity contribution in [1.29, 1.82) is 0 Å². The standard InChI is InChI=1S/C25H28N4O3/c1-29-21-10-6-7-11-22(21)32-15-20(25(29)31-2)26-24(30)23-18-13-12-17(14-19(18)27-28-23)16-8-4-3-5-9-16/h3-11,17,20,25H,12-15H2,1-2H3,(H,26,30)(H,27,28). The number of benzene rings is 2. The van der Waals surface area contributed by atoms with Crippen molar-refractivity contribution in [2.24, 2.45) is 0 Å². The van der Waals surface area contributed by atoms with E-state index in [1.807, 2.05) is 42.3 Å². The van der Waals surface area contributed by atoms with Gasteiger partial charge in [0.1, 0.15) is 18.4 Å². The van der Waals surface area contributed by atoms with E-state index in [0.717, 1.165) is 42.0 Å². The normalized spacial score (nSPS) is 22.3. The number of nitrogens with zero attached hydrogens (tertiary/aromatic N) is 2. The van der Waals surface area contributed by atoms with Gasteiger partial charge in [-0.3, -0.25) is 9.89 Å². The molecule has 0 bridgehead atoms. The quantitative estimate of drug-likeness (QED) is 0.662. The molecule has 1 aromatic heterocycles. The Labute approximate surface area is 187 Å². The lowest BCUT2D eigenvalue weighted by Gasteiger charge is -2.32. The summed E-state index contributed by atoms with van der Waals surface area (Å²) in [6, 6.07) is 18.0. The first kappa shape index (κ1) is 20.6. The summed E-state index contributed by atoms with van der Waals surface area (Å²) in [5, 5.41) is 10.6. The van der Waals surface area contributed by atoms with Crippen LogP contribution in [0.25, 0.3) is 0 Å². The number of hydrogen-bond acceptors (Lipinski definition) is 5. The topological polar surface area (TPSA) is 79.5 Å². The second-order valence-corrected chi connectivity index (χ2v) is 8.48. The minimum atomic E-state index is -0.361. The molecule has 0 saturated carbocycles. The van der Waals surface area contributed by atoms with E-state index in [1.54, 1.807) is 7.11 Å². The summed E-state index contributed by atoms with van der Waals surface area (Å²) in [5.74, 6) is 1.02. The summed E-state index contributed by atoms with van der Waals surface area (Å²) in [4.78, 5) is 15.2. The van der Waals surface area contributed by atoms with Crippen LogP contribution in [-0.4, -0.2) is 49.1 Å². The molecule has 0 saturated heterocycles. The van der Waals surface area contributed by atoms with Crippen LogP contribution in [0.1, 0.15) is 39.6 Å². The van der Waals surface area contributed by atoms with Crippen LogP contribution >= 0.6 is 0 Å². The van der Waals surface area contributed by atoms with Gasteiger partial charge in [0.15, 0.2) is 11.9 Å². The van der Waals surface area contributed by atoms with E-state index in [1.165, 1.54) is 5.56 Å². The second-order valence-electron chi connectivity index (χ2n) is 8.48. The van der Waals surface area contributed by atoms with Crippen LogP contribution in [0.4, 0.5) is 5.69 Å². The van der Waals surface area contributed by atoms with E-state index in [9.17, 15) is 4.79 Å². The molecule has 2 heterocycles. The Bertz CT molecular complexity index is 1100. The third-order valence-electron chi connectivity index (χ3n) is 6.58. The van der Waals surface area contributed by atoms with Gasteiger partial charge < -0.3 is 19.7 Å². The molecule has 7 heteroatoms. The van der Waals surface area contributed by atoms with Crippen LogP contribution < -0.4 is 15.0 Å². The summed E-state index contributed by atoms with van der Waals surface area (Å²) in [7, 11) is 3.59. The Morgan fingerprint density at radius 2 is 1.97 bits per heavy atom. The molecule has 0 radical (unpaired) electrons. The molecule has 166 valence electrons. The fourth-order valence-corrected chi connectivity index (χ4v) is 4.92. The third kappa shape index (κ3) is 3.73. The number of carbonyl (C=O) groups excluding carboxylic acids is 1. The van der Waals surface area contributed by atoms with Gasteiger partial charge in [-0.25, -0.2) is 0 Å². The van der Waals surface area contributed by atoms with Crippen molar-refractivity contribution in [2.45, 2.75) is 37.5 Å². The van der Waals surface area contributed by atoms with Gasteiger partial charge in [0.25, 0.3) is 5.91 Å². The molecule has 3 atom stereocenters. The zero-order valence-electron chi connectivity index (χ0n) is 18.4. The number of hydrogen-bond donors (Lipinski definition) is 2. The summed E-state index contributed by atoms with van der Waals surface area (Å²) >= 11 is 0. The van der Waals surface area contributed by atoms with E-state index in [-0.39, 0.29) is 18.2 Å². The number of aromatic nitrogens is 2. The maximum atomic E-state index is 13.2. The number of aromatic amines is 1. The minimum Gasteiger partial charge on any atom is -0.489 e. The molecule has 32 heavy (non-hydrogen) atoms. The maximum absolute atomic E-state index is 13.2. The number of anilines is 1. The van der Waals surface area contributed by atoms with Crippen LogP contribution in [0.15, 0.2) is 54.6 Å². The number of nitrogens with one attached hydrogen (secondary N) is 2. The lowest BCUT2D eigenvalue weighted by atomic mass is 9.82. The Morgan fingerprint density at radius 3 is 2.78 bits per heavy atom. The number of methoxy groups -OCH3 is 1. The van der Waals surface area contributed by atoms with E-state index < -0.39 is 0 Å². The highest BCUT2D eigenvalue weighted by atomic mass is 16.5. The molecule has 2 aliphatic rings. The third-order valence-corrected chi connectivity index (χ3v) is 6.58. The Kier molecular flexibility index (Phi) is 5.57. The van der Waals surface area contributed by atoms with Gasteiger partial charge >= 0.3 is 0 Å². The van der Waals surface area contributed by atoms with E-state index >= 15 is 0 Å². The van der Waals surface area contributed by atoms with Crippen LogP contribution in [-0.2, 0) is 17.6 Å². The number of fused-ring (bicyclic) bond motifs is 2. The predicted octanol–water partition coefficient (Wildman–Crippen LogP) is 3.28. The first-order valence-electron chi connectivity index (χ1n) is 11.0. The van der Waals surface area contributed by atoms with Crippen molar-refractivity contribution in [3.8, 4) is 5.75 Å². The van der Waals surface area contributed by atoms with Crippen LogP contribution in [0.3, 0.4) is 0 Å². The Morgan fingerprint density at radius 1 is 1.19 bits per heavy atom. The van der Waals surface area contributed by atoms with Crippen LogP contribution in [0.5, 0.6) is 5.75 Å². The lowest BCUT2D eigenvalue weighted by Crippen LogP contribution is -2.53. The first-order chi connectivity index (χ1) is 15.7. The number of likely N-dealkylation sites (N-methyl/N-ethyl adjacent to an activating group) is 1. The molecule has 1 amide bonds. The Balaban J connectivity index is 1.32. The van der Waals surface area contributed by atoms with E-state index in [0.29, 0.717) is 18.2 Å². The minimum absolute atomic E-state index is 0.198. The number of para-hydroxylation sites is 2. The molecular formula is C25H28N4O3. The molecule has 0 spiro atoms. The number of ether oxygens (including phenoxy) is 2. The number of amides is 1. The fraction of sp³-hybridized carbons (Fsp3) is 0.360. The van der Waals surface area contributed by atoms with E-state index in [4.69, 9.17) is 9.47 Å². The van der Waals surface area contributed by atoms with Crippen LogP contribution in [0.2, 0.25) is 0 Å². The summed E-state index contributed by atoms with van der Waals surface area (Å²) < 4.78 is 11.7. The fourth-order valence-electron chi connectivity index (χ4n) is 4.92. The summed E-state index contributed by atoms with van der Waals surface area (Å²) in [6.45, 7) is 0.314. The number of rotatable bonds is 4. The molecule has 3 unspecified atom stereocenters. The van der Waals surface area contributed by atoms with Gasteiger partial charge in [-0.15, -0.1) is 0 Å². The number of H-pyrrole nitrogens is 1. The average Bonchev–Trinajstić information content (AvgIpc) is 3.21. The highest BCUT2D eigenvalue weighted by Gasteiger charge is 2.34. The highest BCUT2D eigenvalue weighted by Crippen LogP contribution is 2.34. The Hall–Kier alpha value is -3.32. The maximum Gasteiger partial charge on any atom is 0.272 e. The monoisotopic (exact) mass is 432 g/mol. The molecule has 1 aliphatic carbocycles. The molecular weight excluding hydrogens is 404 g/mol. The van der Waals surface area contributed by atoms with E-state index in [2.05, 4.69) is 39.8 Å².